The van der Waals surface area contributed by atoms with Gasteiger partial charge in [-0.25, -0.2) is 0 Å². The molecule has 6 heteroatoms. The molecule has 0 saturated carbocycles. The van der Waals surface area contributed by atoms with Crippen LogP contribution in [-0.4, -0.2) is 78.1 Å². The maximum absolute atomic E-state index is 9.99. The van der Waals surface area contributed by atoms with Gasteiger partial charge >= 0.3 is 0 Å². The summed E-state index contributed by atoms with van der Waals surface area (Å²) < 4.78 is 10.6. The highest BCUT2D eigenvalue weighted by Gasteiger charge is 2.19. The van der Waals surface area contributed by atoms with Gasteiger partial charge in [0.15, 0.2) is 0 Å². The van der Waals surface area contributed by atoms with Crippen molar-refractivity contribution in [1.29, 1.82) is 0 Å². The molecule has 2 heterocycles. The van der Waals surface area contributed by atoms with Crippen molar-refractivity contribution >= 4 is 0 Å². The lowest BCUT2D eigenvalue weighted by atomic mass is 10.2. The summed E-state index contributed by atoms with van der Waals surface area (Å²) in [7, 11) is 0. The first-order valence-electron chi connectivity index (χ1n) is 7.54. The van der Waals surface area contributed by atoms with Crippen LogP contribution in [0.25, 0.3) is 0 Å². The zero-order chi connectivity index (χ0) is 15.1. The van der Waals surface area contributed by atoms with E-state index in [4.69, 9.17) is 9.15 Å². The summed E-state index contributed by atoms with van der Waals surface area (Å²) in [5, 5.41) is 19.4. The van der Waals surface area contributed by atoms with Crippen LogP contribution in [0.5, 0.6) is 0 Å². The van der Waals surface area contributed by atoms with Crippen LogP contribution in [0, 0.1) is 0 Å². The molecule has 0 radical (unpaired) electrons. The van der Waals surface area contributed by atoms with Gasteiger partial charge in [0.2, 0.25) is 0 Å². The number of piperazine rings is 1. The van der Waals surface area contributed by atoms with Gasteiger partial charge in [-0.05, 0) is 19.1 Å². The summed E-state index contributed by atoms with van der Waals surface area (Å²) >= 11 is 0. The van der Waals surface area contributed by atoms with Crippen molar-refractivity contribution in [2.45, 2.75) is 25.7 Å². The van der Waals surface area contributed by atoms with E-state index < -0.39 is 6.10 Å². The molecular formula is C15H26N2O4. The summed E-state index contributed by atoms with van der Waals surface area (Å²) in [6.07, 6.45) is 0.849. The number of aliphatic hydroxyl groups excluding tert-OH is 2. The lowest BCUT2D eigenvalue weighted by molar-refractivity contribution is -0.00507. The van der Waals surface area contributed by atoms with Gasteiger partial charge in [0.1, 0.15) is 12.4 Å². The largest absolute Gasteiger partial charge is 0.467 e. The molecule has 1 aromatic heterocycles. The summed E-state index contributed by atoms with van der Waals surface area (Å²) in [5.74, 6) is 0.772. The number of nitrogens with zero attached hydrogens (tertiary/aromatic N) is 2. The highest BCUT2D eigenvalue weighted by atomic mass is 16.5. The van der Waals surface area contributed by atoms with Crippen LogP contribution in [0.2, 0.25) is 0 Å². The first-order chi connectivity index (χ1) is 10.1. The van der Waals surface area contributed by atoms with Crippen LogP contribution in [0.15, 0.2) is 22.8 Å². The normalized spacial score (nSPS) is 20.5. The first kappa shape index (κ1) is 16.5. The second-order valence-electron chi connectivity index (χ2n) is 5.70. The molecule has 1 saturated heterocycles. The Kier molecular flexibility index (Phi) is 6.66. The van der Waals surface area contributed by atoms with Gasteiger partial charge in [-0.15, -0.1) is 0 Å². The van der Waals surface area contributed by atoms with Crippen molar-refractivity contribution in [2.24, 2.45) is 0 Å². The zero-order valence-corrected chi connectivity index (χ0v) is 12.6. The molecule has 1 aliphatic rings. The Hall–Kier alpha value is -0.920. The lowest BCUT2D eigenvalue weighted by Crippen LogP contribution is -2.50. The summed E-state index contributed by atoms with van der Waals surface area (Å²) in [6, 6.07) is 3.68. The molecule has 2 atom stereocenters. The average Bonchev–Trinajstić information content (AvgIpc) is 2.93. The monoisotopic (exact) mass is 298 g/mol. The minimum absolute atomic E-state index is 0.280. The second kappa shape index (κ2) is 8.51. The molecule has 0 aromatic carbocycles. The van der Waals surface area contributed by atoms with Crippen molar-refractivity contribution in [2.75, 3.05) is 45.9 Å². The van der Waals surface area contributed by atoms with E-state index in [0.717, 1.165) is 38.5 Å². The predicted molar refractivity (Wildman–Crippen MR) is 78.9 cm³/mol. The Morgan fingerprint density at radius 1 is 1.19 bits per heavy atom. The van der Waals surface area contributed by atoms with Crippen LogP contribution in [0.4, 0.5) is 0 Å². The van der Waals surface area contributed by atoms with Gasteiger partial charge in [-0.1, -0.05) is 0 Å². The van der Waals surface area contributed by atoms with E-state index in [0.29, 0.717) is 19.8 Å². The number of aliphatic hydroxyl groups is 2. The van der Waals surface area contributed by atoms with Crippen LogP contribution in [-0.2, 0) is 11.3 Å². The maximum atomic E-state index is 9.99. The summed E-state index contributed by atoms with van der Waals surface area (Å²) in [4.78, 5) is 4.49. The molecule has 1 aliphatic heterocycles. The van der Waals surface area contributed by atoms with Crippen LogP contribution < -0.4 is 0 Å². The Morgan fingerprint density at radius 2 is 1.86 bits per heavy atom. The van der Waals surface area contributed by atoms with E-state index in [-0.39, 0.29) is 6.10 Å². The fourth-order valence-corrected chi connectivity index (χ4v) is 2.57. The van der Waals surface area contributed by atoms with Gasteiger partial charge in [0, 0.05) is 39.3 Å². The van der Waals surface area contributed by atoms with E-state index in [2.05, 4.69) is 9.80 Å². The topological polar surface area (TPSA) is 69.3 Å². The van der Waals surface area contributed by atoms with Gasteiger partial charge in [0.25, 0.3) is 0 Å². The smallest absolute Gasteiger partial charge is 0.129 e. The molecule has 0 amide bonds. The maximum Gasteiger partial charge on any atom is 0.129 e. The van der Waals surface area contributed by atoms with Crippen molar-refractivity contribution in [1.82, 2.24) is 9.80 Å². The third-order valence-electron chi connectivity index (χ3n) is 3.59. The number of furan rings is 1. The van der Waals surface area contributed by atoms with Crippen LogP contribution in [0.3, 0.4) is 0 Å². The third kappa shape index (κ3) is 6.15. The van der Waals surface area contributed by atoms with Crippen molar-refractivity contribution < 1.29 is 19.4 Å². The molecule has 1 fully saturated rings. The molecule has 120 valence electrons. The Bertz CT molecular complexity index is 375. The Morgan fingerprint density at radius 3 is 2.43 bits per heavy atom. The summed E-state index contributed by atoms with van der Waals surface area (Å²) in [6.45, 7) is 7.58. The zero-order valence-electron chi connectivity index (χ0n) is 12.6. The quantitative estimate of drug-likeness (QED) is 0.712. The molecule has 0 aliphatic carbocycles. The molecule has 2 N–H and O–H groups in total. The third-order valence-corrected chi connectivity index (χ3v) is 3.59. The van der Waals surface area contributed by atoms with Crippen molar-refractivity contribution in [3.8, 4) is 0 Å². The second-order valence-corrected chi connectivity index (χ2v) is 5.70. The fraction of sp³-hybridized carbons (Fsp3) is 0.733. The van der Waals surface area contributed by atoms with E-state index in [1.165, 1.54) is 0 Å². The lowest BCUT2D eigenvalue weighted by Gasteiger charge is -2.36. The van der Waals surface area contributed by atoms with E-state index in [1.807, 2.05) is 19.1 Å². The fourth-order valence-electron chi connectivity index (χ4n) is 2.57. The van der Waals surface area contributed by atoms with E-state index in [1.54, 1.807) is 6.26 Å². The molecule has 21 heavy (non-hydrogen) atoms. The minimum atomic E-state index is -0.483. The number of hydrogen-bond acceptors (Lipinski definition) is 6. The molecule has 2 rings (SSSR count). The minimum Gasteiger partial charge on any atom is -0.467 e. The van der Waals surface area contributed by atoms with Crippen LogP contribution in [0.1, 0.15) is 12.7 Å². The van der Waals surface area contributed by atoms with Gasteiger partial charge in [0.05, 0.1) is 25.1 Å². The van der Waals surface area contributed by atoms with Crippen molar-refractivity contribution in [3.05, 3.63) is 24.2 Å². The molecule has 0 spiro atoms. The van der Waals surface area contributed by atoms with Gasteiger partial charge < -0.3 is 19.4 Å². The van der Waals surface area contributed by atoms with Crippen LogP contribution >= 0.6 is 0 Å². The molecular weight excluding hydrogens is 272 g/mol. The number of ether oxygens (including phenoxy) is 1. The average molecular weight is 298 g/mol. The molecule has 6 nitrogen and oxygen atoms in total. The van der Waals surface area contributed by atoms with Gasteiger partial charge in [-0.2, -0.15) is 0 Å². The predicted octanol–water partition coefficient (Wildman–Crippen LogP) is 0.156. The number of β-amino-alcohol motifs (C(OH)–C–C–N with tert-alkyl or cyclic N) is 2. The summed E-state index contributed by atoms with van der Waals surface area (Å²) in [5.41, 5.74) is 0. The number of hydrogen-bond donors (Lipinski definition) is 2. The van der Waals surface area contributed by atoms with E-state index in [9.17, 15) is 10.2 Å². The van der Waals surface area contributed by atoms with Crippen molar-refractivity contribution in [3.63, 3.8) is 0 Å². The molecule has 1 aromatic rings. The van der Waals surface area contributed by atoms with Gasteiger partial charge in [-0.3, -0.25) is 9.80 Å². The highest BCUT2D eigenvalue weighted by molar-refractivity contribution is 4.96. The standard InChI is InChI=1S/C15H26N2O4/c1-13(18)9-16-4-6-17(7-5-16)10-14(19)11-20-12-15-3-2-8-21-15/h2-3,8,13-14,18-19H,4-7,9-12H2,1H3/t13-,14-/m0/s1. The first-order valence-corrected chi connectivity index (χ1v) is 7.54. The number of rotatable bonds is 8. The molecule has 0 unspecified atom stereocenters. The Labute approximate surface area is 125 Å². The Balaban J connectivity index is 1.57. The highest BCUT2D eigenvalue weighted by Crippen LogP contribution is 2.05. The van der Waals surface area contributed by atoms with E-state index >= 15 is 0 Å². The molecule has 0 bridgehead atoms. The SMILES string of the molecule is C[C@H](O)CN1CCN(C[C@H](O)COCc2ccco2)CC1.